The molecule has 0 N–H and O–H groups in total. The molecule has 7 heteroatoms. The lowest BCUT2D eigenvalue weighted by Crippen LogP contribution is -2.13. The van der Waals surface area contributed by atoms with Crippen molar-refractivity contribution in [3.05, 3.63) is 41.9 Å². The summed E-state index contributed by atoms with van der Waals surface area (Å²) in [6, 6.07) is 5.84. The summed E-state index contributed by atoms with van der Waals surface area (Å²) < 4.78 is 24.4. The second-order valence-electron chi connectivity index (χ2n) is 2.73. The van der Waals surface area contributed by atoms with Gasteiger partial charge in [-0.2, -0.15) is 8.42 Å². The lowest BCUT2D eigenvalue weighted by atomic mass is 10.4. The van der Waals surface area contributed by atoms with Crippen LogP contribution in [0.3, 0.4) is 0 Å². The van der Waals surface area contributed by atoms with Crippen molar-refractivity contribution in [3.63, 3.8) is 0 Å². The highest BCUT2D eigenvalue weighted by molar-refractivity contribution is 7.89. The van der Waals surface area contributed by atoms with Crippen LogP contribution >= 0.6 is 11.6 Å². The molecule has 0 saturated heterocycles. The zero-order chi connectivity index (χ0) is 10.9. The smallest absolute Gasteiger partial charge is 0.222 e. The Balaban J connectivity index is 2.52. The molecule has 15 heavy (non-hydrogen) atoms. The van der Waals surface area contributed by atoms with Gasteiger partial charge in [0.15, 0.2) is 0 Å². The highest BCUT2D eigenvalue weighted by atomic mass is 35.5. The van der Waals surface area contributed by atoms with Gasteiger partial charge in [-0.3, -0.25) is 0 Å². The molecule has 0 atom stereocenters. The minimum absolute atomic E-state index is 0.123. The molecule has 0 radical (unpaired) electrons. The molecule has 5 nitrogen and oxygen atoms in total. The molecule has 0 bridgehead atoms. The largest absolute Gasteiger partial charge is 0.284 e. The Kier molecular flexibility index (Phi) is 2.45. The van der Waals surface area contributed by atoms with E-state index in [-0.39, 0.29) is 4.90 Å². The van der Waals surface area contributed by atoms with Gasteiger partial charge in [0, 0.05) is 5.02 Å². The van der Waals surface area contributed by atoms with Gasteiger partial charge in [-0.15, -0.1) is 9.19 Å². The van der Waals surface area contributed by atoms with E-state index in [1.54, 1.807) is 0 Å². The normalized spacial score (nSPS) is 11.5. The van der Waals surface area contributed by atoms with Crippen molar-refractivity contribution in [2.45, 2.75) is 4.90 Å². The summed E-state index contributed by atoms with van der Waals surface area (Å²) in [5, 5.41) is 4.05. The first kappa shape index (κ1) is 10.1. The molecule has 0 unspecified atom stereocenters. The second-order valence-corrected chi connectivity index (χ2v) is 4.96. The third-order valence-electron chi connectivity index (χ3n) is 1.76. The molecule has 0 spiro atoms. The van der Waals surface area contributed by atoms with Crippen molar-refractivity contribution in [2.75, 3.05) is 0 Å². The van der Waals surface area contributed by atoms with Gasteiger partial charge in [-0.05, 0) is 24.3 Å². The molecule has 0 amide bonds. The minimum Gasteiger partial charge on any atom is -0.222 e. The van der Waals surface area contributed by atoms with E-state index < -0.39 is 10.0 Å². The van der Waals surface area contributed by atoms with E-state index in [9.17, 15) is 8.42 Å². The van der Waals surface area contributed by atoms with E-state index in [2.05, 4.69) is 10.1 Å². The molecule has 0 aliphatic rings. The molecule has 1 aromatic carbocycles. The Bertz CT molecular complexity index is 548. The van der Waals surface area contributed by atoms with Crippen molar-refractivity contribution >= 4 is 21.6 Å². The van der Waals surface area contributed by atoms with E-state index in [4.69, 9.17) is 11.6 Å². The lowest BCUT2D eigenvalue weighted by molar-refractivity contribution is 0.580. The average molecular weight is 244 g/mol. The molecule has 0 saturated carbocycles. The van der Waals surface area contributed by atoms with Crippen LogP contribution in [0.15, 0.2) is 41.8 Å². The number of benzene rings is 1. The van der Waals surface area contributed by atoms with Crippen LogP contribution in [0.5, 0.6) is 0 Å². The Morgan fingerprint density at radius 3 is 2.40 bits per heavy atom. The van der Waals surface area contributed by atoms with Crippen LogP contribution in [0.1, 0.15) is 0 Å². The summed E-state index contributed by atoms with van der Waals surface area (Å²) in [4.78, 5) is 3.70. The first-order valence-corrected chi connectivity index (χ1v) is 5.78. The first-order chi connectivity index (χ1) is 7.10. The van der Waals surface area contributed by atoms with E-state index in [1.807, 2.05) is 0 Å². The summed E-state index contributed by atoms with van der Waals surface area (Å²) >= 11 is 5.66. The zero-order valence-corrected chi connectivity index (χ0v) is 8.98. The van der Waals surface area contributed by atoms with Gasteiger partial charge in [0.05, 0.1) is 4.90 Å². The van der Waals surface area contributed by atoms with Gasteiger partial charge >= 0.3 is 0 Å². The summed E-state index contributed by atoms with van der Waals surface area (Å²) in [6.07, 6.45) is 2.29. The SMILES string of the molecule is O=S(=O)(c1ccc(Cl)cc1)n1cncn1. The van der Waals surface area contributed by atoms with Crippen molar-refractivity contribution in [1.82, 2.24) is 14.2 Å². The van der Waals surface area contributed by atoms with E-state index >= 15 is 0 Å². The third kappa shape index (κ3) is 1.86. The number of halogens is 1. The van der Waals surface area contributed by atoms with Gasteiger partial charge in [0.2, 0.25) is 0 Å². The monoisotopic (exact) mass is 243 g/mol. The van der Waals surface area contributed by atoms with Crippen LogP contribution in [0.25, 0.3) is 0 Å². The predicted octanol–water partition coefficient (Wildman–Crippen LogP) is 1.17. The van der Waals surface area contributed by atoms with Crippen LogP contribution in [0.2, 0.25) is 5.02 Å². The fourth-order valence-corrected chi connectivity index (χ4v) is 2.20. The highest BCUT2D eigenvalue weighted by Gasteiger charge is 2.16. The van der Waals surface area contributed by atoms with Crippen molar-refractivity contribution < 1.29 is 8.42 Å². The maximum absolute atomic E-state index is 11.8. The van der Waals surface area contributed by atoms with E-state index in [0.717, 1.165) is 16.7 Å². The van der Waals surface area contributed by atoms with Gasteiger partial charge in [0.25, 0.3) is 10.0 Å². The molecule has 1 heterocycles. The Morgan fingerprint density at radius 2 is 1.87 bits per heavy atom. The molecule has 2 aromatic rings. The third-order valence-corrected chi connectivity index (χ3v) is 3.56. The van der Waals surface area contributed by atoms with E-state index in [0.29, 0.717) is 5.02 Å². The van der Waals surface area contributed by atoms with Crippen molar-refractivity contribution in [3.8, 4) is 0 Å². The maximum atomic E-state index is 11.8. The van der Waals surface area contributed by atoms with Gasteiger partial charge in [0.1, 0.15) is 12.7 Å². The summed E-state index contributed by atoms with van der Waals surface area (Å²) in [5.41, 5.74) is 0. The summed E-state index contributed by atoms with van der Waals surface area (Å²) in [7, 11) is -3.63. The quantitative estimate of drug-likeness (QED) is 0.794. The Morgan fingerprint density at radius 1 is 1.20 bits per heavy atom. The number of nitrogens with zero attached hydrogens (tertiary/aromatic N) is 3. The lowest BCUT2D eigenvalue weighted by Gasteiger charge is -2.02. The topological polar surface area (TPSA) is 64.8 Å². The van der Waals surface area contributed by atoms with Crippen molar-refractivity contribution in [2.24, 2.45) is 0 Å². The predicted molar refractivity (Wildman–Crippen MR) is 54.1 cm³/mol. The highest BCUT2D eigenvalue weighted by Crippen LogP contribution is 2.15. The van der Waals surface area contributed by atoms with Crippen LogP contribution < -0.4 is 0 Å². The van der Waals surface area contributed by atoms with Gasteiger partial charge in [-0.1, -0.05) is 11.6 Å². The van der Waals surface area contributed by atoms with Crippen molar-refractivity contribution in [1.29, 1.82) is 0 Å². The van der Waals surface area contributed by atoms with Crippen LogP contribution in [0.4, 0.5) is 0 Å². The number of hydrogen-bond donors (Lipinski definition) is 0. The molecule has 78 valence electrons. The maximum Gasteiger partial charge on any atom is 0.284 e. The number of aromatic nitrogens is 3. The minimum atomic E-state index is -3.63. The fraction of sp³-hybridized carbons (Fsp3) is 0. The van der Waals surface area contributed by atoms with Gasteiger partial charge in [-0.25, -0.2) is 4.98 Å². The molecular weight excluding hydrogens is 238 g/mol. The Hall–Kier alpha value is -1.40. The number of rotatable bonds is 2. The first-order valence-electron chi connectivity index (χ1n) is 3.96. The zero-order valence-electron chi connectivity index (χ0n) is 7.41. The second kappa shape index (κ2) is 3.63. The summed E-state index contributed by atoms with van der Waals surface area (Å²) in [6.45, 7) is 0. The molecule has 0 aliphatic heterocycles. The molecule has 0 fully saturated rings. The fourth-order valence-electron chi connectivity index (χ4n) is 1.04. The van der Waals surface area contributed by atoms with Crippen LogP contribution in [0, 0.1) is 0 Å². The standard InChI is InChI=1S/C8H6ClN3O2S/c9-7-1-3-8(4-2-7)15(13,14)12-6-10-5-11-12/h1-6H. The van der Waals surface area contributed by atoms with Crippen LogP contribution in [-0.2, 0) is 10.0 Å². The Labute approximate surface area is 91.4 Å². The van der Waals surface area contributed by atoms with Gasteiger partial charge < -0.3 is 0 Å². The average Bonchev–Trinajstić information content (AvgIpc) is 2.71. The van der Waals surface area contributed by atoms with Crippen LogP contribution in [-0.4, -0.2) is 22.6 Å². The van der Waals surface area contributed by atoms with E-state index in [1.165, 1.54) is 24.3 Å². The summed E-state index contributed by atoms with van der Waals surface area (Å²) in [5.74, 6) is 0. The molecular formula is C8H6ClN3O2S. The molecule has 0 aliphatic carbocycles. The molecule has 2 rings (SSSR count). The molecule has 1 aromatic heterocycles. The number of hydrogen-bond acceptors (Lipinski definition) is 4.